The summed E-state index contributed by atoms with van der Waals surface area (Å²) in [6, 6.07) is -0.934. The minimum absolute atomic E-state index is 0.242. The molecule has 97 heavy (non-hydrogen) atoms. The number of hydrogen-bond donors (Lipinski definition) is 9. The average Bonchev–Trinajstić information content (AvgIpc) is 0.794. The number of aliphatic hydroxyl groups excluding tert-OH is 8. The topological polar surface area (TPSA) is 228 Å². The number of hydrogen-bond acceptors (Lipinski definition) is 13. The molecule has 570 valence electrons. The second kappa shape index (κ2) is 67.1. The standard InChI is InChI=1S/C83H155NO13/c1-3-5-7-9-11-13-15-17-19-21-23-25-27-29-31-33-35-37-38-40-42-44-46-48-50-52-54-56-58-60-62-64-66-72(87)71(70-94-82-80(93)78(91)81(74(69-86)96-82)97-83-79(92)77(90)76(89)73(68-85)95-83)84-75(88)67-65-63-61-59-57-55-53-51-49-47-45-43-41-39-36-34-32-30-28-26-24-22-20-18-16-14-12-10-8-6-4-2/h16,18,22,24,56,58,64,66,71-74,76-83,85-87,89-93H,3-15,17,19-21,23,25-55,57,59-63,65,67-70H2,1-2H3,(H,84,88)/b18-16-,24-22-,58-56+,66-64+. The quantitative estimate of drug-likeness (QED) is 0.0204. The fraction of sp³-hybridized carbons (Fsp3) is 0.892. The van der Waals surface area contributed by atoms with Gasteiger partial charge in [-0.25, -0.2) is 0 Å². The van der Waals surface area contributed by atoms with Gasteiger partial charge in [-0.05, 0) is 64.2 Å². The Morgan fingerprint density at radius 3 is 1.07 bits per heavy atom. The van der Waals surface area contributed by atoms with Crippen molar-refractivity contribution in [3.8, 4) is 0 Å². The number of unbranched alkanes of at least 4 members (excludes halogenated alkanes) is 51. The summed E-state index contributed by atoms with van der Waals surface area (Å²) in [5.41, 5.74) is 0. The average molecular weight is 1380 g/mol. The molecule has 9 N–H and O–H groups in total. The molecule has 2 fully saturated rings. The molecule has 12 unspecified atom stereocenters. The van der Waals surface area contributed by atoms with Crippen LogP contribution in [0.2, 0.25) is 0 Å². The van der Waals surface area contributed by atoms with E-state index in [0.29, 0.717) is 12.8 Å². The molecule has 1 amide bonds. The summed E-state index contributed by atoms with van der Waals surface area (Å²) in [6.07, 6.45) is 73.5. The van der Waals surface area contributed by atoms with Crippen molar-refractivity contribution >= 4 is 5.91 Å². The van der Waals surface area contributed by atoms with Crippen LogP contribution in [0, 0.1) is 0 Å². The Bertz CT molecular complexity index is 1810. The SMILES string of the molecule is CCCCCCC/C=C\C/C=C\CCCCCCCCCCCCCCCCCCCCCC(=O)NC(COC1OC(CO)C(OC2OC(CO)C(O)C(O)C2O)C(O)C1O)C(O)/C=C/CC/C=C/CCCCCCCCCCCCCCCCCCCCCCCCCCCC. The second-order valence-corrected chi connectivity index (χ2v) is 29.2. The molecule has 12 atom stereocenters. The zero-order valence-electron chi connectivity index (χ0n) is 62.6. The molecule has 2 rings (SSSR count). The molecule has 2 heterocycles. The van der Waals surface area contributed by atoms with E-state index in [2.05, 4.69) is 55.6 Å². The third-order valence-corrected chi connectivity index (χ3v) is 20.2. The van der Waals surface area contributed by atoms with Crippen LogP contribution in [-0.4, -0.2) is 140 Å². The molecular formula is C83H155NO13. The summed E-state index contributed by atoms with van der Waals surface area (Å²) >= 11 is 0. The predicted octanol–water partition coefficient (Wildman–Crippen LogP) is 19.0. The third-order valence-electron chi connectivity index (χ3n) is 20.2. The normalized spacial score (nSPS) is 22.3. The van der Waals surface area contributed by atoms with Crippen molar-refractivity contribution in [3.63, 3.8) is 0 Å². The van der Waals surface area contributed by atoms with Crippen LogP contribution in [0.1, 0.15) is 380 Å². The zero-order valence-corrected chi connectivity index (χ0v) is 62.6. The monoisotopic (exact) mass is 1370 g/mol. The lowest BCUT2D eigenvalue weighted by molar-refractivity contribution is -0.359. The van der Waals surface area contributed by atoms with Crippen molar-refractivity contribution in [2.24, 2.45) is 0 Å². The number of amides is 1. The van der Waals surface area contributed by atoms with Gasteiger partial charge >= 0.3 is 0 Å². The Morgan fingerprint density at radius 1 is 0.371 bits per heavy atom. The second-order valence-electron chi connectivity index (χ2n) is 29.2. The fourth-order valence-corrected chi connectivity index (χ4v) is 13.7. The molecule has 14 heteroatoms. The first-order chi connectivity index (χ1) is 47.6. The molecule has 0 saturated carbocycles. The highest BCUT2D eigenvalue weighted by molar-refractivity contribution is 5.76. The number of aliphatic hydroxyl groups is 8. The van der Waals surface area contributed by atoms with Crippen LogP contribution in [0.25, 0.3) is 0 Å². The molecule has 2 aliphatic heterocycles. The van der Waals surface area contributed by atoms with E-state index >= 15 is 0 Å². The van der Waals surface area contributed by atoms with E-state index in [1.165, 1.54) is 308 Å². The maximum absolute atomic E-state index is 13.4. The summed E-state index contributed by atoms with van der Waals surface area (Å²) < 4.78 is 22.9. The van der Waals surface area contributed by atoms with Gasteiger partial charge in [-0.3, -0.25) is 4.79 Å². The molecule has 2 aliphatic rings. The summed E-state index contributed by atoms with van der Waals surface area (Å²) in [5, 5.41) is 87.7. The van der Waals surface area contributed by atoms with E-state index in [1.807, 2.05) is 6.08 Å². The largest absolute Gasteiger partial charge is 0.394 e. The number of carbonyl (C=O) groups is 1. The van der Waals surface area contributed by atoms with Gasteiger partial charge in [-0.1, -0.05) is 358 Å². The van der Waals surface area contributed by atoms with Crippen LogP contribution in [0.4, 0.5) is 0 Å². The minimum atomic E-state index is -1.79. The van der Waals surface area contributed by atoms with Crippen LogP contribution >= 0.6 is 0 Å². The third kappa shape index (κ3) is 50.1. The number of allylic oxidation sites excluding steroid dienone is 7. The molecule has 0 aromatic carbocycles. The van der Waals surface area contributed by atoms with Gasteiger partial charge in [0.15, 0.2) is 12.6 Å². The zero-order chi connectivity index (χ0) is 70.1. The lowest BCUT2D eigenvalue weighted by atomic mass is 9.97. The Labute approximate surface area is 594 Å². The number of ether oxygens (including phenoxy) is 4. The molecule has 0 radical (unpaired) electrons. The van der Waals surface area contributed by atoms with Gasteiger partial charge < -0.3 is 65.1 Å². The molecule has 0 aromatic heterocycles. The van der Waals surface area contributed by atoms with Crippen molar-refractivity contribution in [3.05, 3.63) is 48.6 Å². The van der Waals surface area contributed by atoms with Crippen molar-refractivity contribution in [1.82, 2.24) is 5.32 Å². The van der Waals surface area contributed by atoms with E-state index in [0.717, 1.165) is 38.5 Å². The van der Waals surface area contributed by atoms with E-state index in [9.17, 15) is 45.6 Å². The van der Waals surface area contributed by atoms with Crippen LogP contribution in [0.5, 0.6) is 0 Å². The van der Waals surface area contributed by atoms with Gasteiger partial charge in [0.05, 0.1) is 32.0 Å². The maximum Gasteiger partial charge on any atom is 0.220 e. The summed E-state index contributed by atoms with van der Waals surface area (Å²) in [4.78, 5) is 13.4. The Balaban J connectivity index is 1.62. The van der Waals surface area contributed by atoms with E-state index < -0.39 is 86.8 Å². The van der Waals surface area contributed by atoms with Crippen LogP contribution in [0.15, 0.2) is 48.6 Å². The fourth-order valence-electron chi connectivity index (χ4n) is 13.7. The summed E-state index contributed by atoms with van der Waals surface area (Å²) in [7, 11) is 0. The van der Waals surface area contributed by atoms with Gasteiger partial charge in [0.25, 0.3) is 0 Å². The molecule has 0 spiro atoms. The van der Waals surface area contributed by atoms with E-state index in [1.54, 1.807) is 6.08 Å². The van der Waals surface area contributed by atoms with Crippen molar-refractivity contribution < 1.29 is 64.6 Å². The Hall–Kier alpha value is -2.05. The Morgan fingerprint density at radius 2 is 0.691 bits per heavy atom. The summed E-state index contributed by atoms with van der Waals surface area (Å²) in [6.45, 7) is 2.84. The van der Waals surface area contributed by atoms with Gasteiger partial charge in [0, 0.05) is 6.42 Å². The lowest BCUT2D eigenvalue weighted by Gasteiger charge is -2.46. The highest BCUT2D eigenvalue weighted by Crippen LogP contribution is 2.30. The van der Waals surface area contributed by atoms with Crippen LogP contribution < -0.4 is 5.32 Å². The first kappa shape index (κ1) is 91.0. The number of nitrogens with one attached hydrogen (secondary N) is 1. The first-order valence-corrected chi connectivity index (χ1v) is 41.4. The smallest absolute Gasteiger partial charge is 0.220 e. The predicted molar refractivity (Wildman–Crippen MR) is 401 cm³/mol. The van der Waals surface area contributed by atoms with Crippen molar-refractivity contribution in [2.75, 3.05) is 19.8 Å². The maximum atomic E-state index is 13.4. The minimum Gasteiger partial charge on any atom is -0.394 e. The molecule has 0 aromatic rings. The van der Waals surface area contributed by atoms with E-state index in [-0.39, 0.29) is 18.9 Å². The molecule has 0 bridgehead atoms. The van der Waals surface area contributed by atoms with Crippen LogP contribution in [0.3, 0.4) is 0 Å². The van der Waals surface area contributed by atoms with E-state index in [4.69, 9.17) is 18.9 Å². The molecule has 14 nitrogen and oxygen atoms in total. The number of rotatable bonds is 70. The highest BCUT2D eigenvalue weighted by atomic mass is 16.7. The number of carbonyl (C=O) groups excluding carboxylic acids is 1. The molecular weight excluding hydrogens is 1220 g/mol. The van der Waals surface area contributed by atoms with Gasteiger partial charge in [0.2, 0.25) is 5.91 Å². The van der Waals surface area contributed by atoms with Crippen LogP contribution in [-0.2, 0) is 23.7 Å². The summed E-state index contributed by atoms with van der Waals surface area (Å²) in [5.74, 6) is -0.242. The molecule has 2 saturated heterocycles. The van der Waals surface area contributed by atoms with Gasteiger partial charge in [-0.2, -0.15) is 0 Å². The first-order valence-electron chi connectivity index (χ1n) is 41.4. The van der Waals surface area contributed by atoms with Gasteiger partial charge in [-0.15, -0.1) is 0 Å². The highest BCUT2D eigenvalue weighted by Gasteiger charge is 2.51. The molecule has 0 aliphatic carbocycles. The Kier molecular flexibility index (Phi) is 63.0. The van der Waals surface area contributed by atoms with Gasteiger partial charge in [0.1, 0.15) is 48.8 Å². The van der Waals surface area contributed by atoms with Crippen molar-refractivity contribution in [1.29, 1.82) is 0 Å². The lowest BCUT2D eigenvalue weighted by Crippen LogP contribution is -2.65. The van der Waals surface area contributed by atoms with Crippen molar-refractivity contribution in [2.45, 2.75) is 453 Å².